The Kier molecular flexibility index (Phi) is 5.40. The molecule has 0 bridgehead atoms. The molecule has 18 heavy (non-hydrogen) atoms. The number of aromatic nitrogens is 2. The van der Waals surface area contributed by atoms with Crippen LogP contribution in [0.25, 0.3) is 0 Å². The van der Waals surface area contributed by atoms with Gasteiger partial charge in [0.1, 0.15) is 18.0 Å². The summed E-state index contributed by atoms with van der Waals surface area (Å²) in [6, 6.07) is 0. The molecular weight excluding hydrogens is 266 g/mol. The number of hydrazine groups is 1. The first-order valence-corrected chi connectivity index (χ1v) is 8.29. The van der Waals surface area contributed by atoms with Crippen molar-refractivity contribution in [3.63, 3.8) is 0 Å². The Hall–Kier alpha value is -0.660. The van der Waals surface area contributed by atoms with E-state index in [2.05, 4.69) is 27.6 Å². The molecular formula is C11H19N5S2. The number of hydrogen-bond donors (Lipinski definition) is 3. The lowest BCUT2D eigenvalue weighted by molar-refractivity contribution is 0.964. The highest BCUT2D eigenvalue weighted by atomic mass is 32.2. The summed E-state index contributed by atoms with van der Waals surface area (Å²) >= 11 is 4.07. The molecule has 1 aromatic rings. The number of thioether (sulfide) groups is 2. The van der Waals surface area contributed by atoms with Crippen LogP contribution in [-0.4, -0.2) is 39.0 Å². The number of rotatable bonds is 5. The van der Waals surface area contributed by atoms with Crippen molar-refractivity contribution in [2.75, 3.05) is 34.5 Å². The zero-order chi connectivity index (χ0) is 12.8. The standard InChI is InChI=1S/C11H19N5S2/c1-2-9-10(14-7-15-11(9)16-12)13-5-8-6-17-3-4-18-8/h7-8H,2-6,12H2,1H3,(H2,13,14,15,16). The minimum Gasteiger partial charge on any atom is -0.369 e. The lowest BCUT2D eigenvalue weighted by atomic mass is 10.2. The van der Waals surface area contributed by atoms with Crippen molar-refractivity contribution < 1.29 is 0 Å². The van der Waals surface area contributed by atoms with Crippen LogP contribution in [0.3, 0.4) is 0 Å². The number of nitrogens with zero attached hydrogens (tertiary/aromatic N) is 2. The van der Waals surface area contributed by atoms with Gasteiger partial charge in [-0.05, 0) is 6.42 Å². The highest BCUT2D eigenvalue weighted by Crippen LogP contribution is 2.25. The molecule has 1 aliphatic rings. The summed E-state index contributed by atoms with van der Waals surface area (Å²) in [6.07, 6.45) is 2.40. The van der Waals surface area contributed by atoms with Gasteiger partial charge in [-0.15, -0.1) is 0 Å². The SMILES string of the molecule is CCc1c(NN)ncnc1NCC1CSCCS1. The summed E-state index contributed by atoms with van der Waals surface area (Å²) in [4.78, 5) is 8.44. The molecule has 1 unspecified atom stereocenters. The van der Waals surface area contributed by atoms with Crippen molar-refractivity contribution in [1.82, 2.24) is 9.97 Å². The van der Waals surface area contributed by atoms with E-state index in [0.29, 0.717) is 11.1 Å². The van der Waals surface area contributed by atoms with E-state index in [1.807, 2.05) is 23.5 Å². The third-order valence-corrected chi connectivity index (χ3v) is 5.66. The minimum atomic E-state index is 0.665. The summed E-state index contributed by atoms with van der Waals surface area (Å²) in [5.41, 5.74) is 3.67. The van der Waals surface area contributed by atoms with Crippen molar-refractivity contribution in [2.45, 2.75) is 18.6 Å². The largest absolute Gasteiger partial charge is 0.369 e. The Labute approximate surface area is 116 Å². The molecule has 5 nitrogen and oxygen atoms in total. The second-order valence-corrected chi connectivity index (χ2v) is 6.55. The van der Waals surface area contributed by atoms with Gasteiger partial charge < -0.3 is 10.7 Å². The van der Waals surface area contributed by atoms with Crippen LogP contribution >= 0.6 is 23.5 Å². The third-order valence-electron chi connectivity index (χ3n) is 2.82. The topological polar surface area (TPSA) is 75.9 Å². The lowest BCUT2D eigenvalue weighted by Gasteiger charge is -2.22. The van der Waals surface area contributed by atoms with Crippen molar-refractivity contribution >= 4 is 35.2 Å². The van der Waals surface area contributed by atoms with Crippen molar-refractivity contribution in [3.05, 3.63) is 11.9 Å². The molecule has 1 saturated heterocycles. The van der Waals surface area contributed by atoms with Gasteiger partial charge in [-0.3, -0.25) is 0 Å². The molecule has 1 aromatic heterocycles. The fourth-order valence-corrected chi connectivity index (χ4v) is 4.50. The Morgan fingerprint density at radius 3 is 2.89 bits per heavy atom. The zero-order valence-electron chi connectivity index (χ0n) is 10.5. The summed E-state index contributed by atoms with van der Waals surface area (Å²) < 4.78 is 0. The van der Waals surface area contributed by atoms with Gasteiger partial charge in [0, 0.05) is 34.6 Å². The predicted octanol–water partition coefficient (Wildman–Crippen LogP) is 1.59. The van der Waals surface area contributed by atoms with E-state index >= 15 is 0 Å². The van der Waals surface area contributed by atoms with E-state index in [1.54, 1.807) is 6.33 Å². The predicted molar refractivity (Wildman–Crippen MR) is 81.3 cm³/mol. The van der Waals surface area contributed by atoms with Gasteiger partial charge in [0.05, 0.1) is 0 Å². The fraction of sp³-hybridized carbons (Fsp3) is 0.636. The molecule has 0 amide bonds. The highest BCUT2D eigenvalue weighted by molar-refractivity contribution is 8.06. The molecule has 100 valence electrons. The smallest absolute Gasteiger partial charge is 0.148 e. The summed E-state index contributed by atoms with van der Waals surface area (Å²) in [5.74, 6) is 10.8. The van der Waals surface area contributed by atoms with E-state index in [-0.39, 0.29) is 0 Å². The van der Waals surface area contributed by atoms with Crippen molar-refractivity contribution in [2.24, 2.45) is 5.84 Å². The second-order valence-electron chi connectivity index (χ2n) is 4.00. The summed E-state index contributed by atoms with van der Waals surface area (Å²) in [5, 5.41) is 4.09. The van der Waals surface area contributed by atoms with Gasteiger partial charge in [-0.25, -0.2) is 15.8 Å². The highest BCUT2D eigenvalue weighted by Gasteiger charge is 2.15. The fourth-order valence-electron chi connectivity index (χ4n) is 1.89. The first-order valence-electron chi connectivity index (χ1n) is 6.08. The first kappa shape index (κ1) is 13.8. The number of hydrogen-bond acceptors (Lipinski definition) is 7. The van der Waals surface area contributed by atoms with Gasteiger partial charge in [-0.2, -0.15) is 23.5 Å². The first-order chi connectivity index (χ1) is 8.85. The summed E-state index contributed by atoms with van der Waals surface area (Å²) in [7, 11) is 0. The molecule has 0 saturated carbocycles. The Morgan fingerprint density at radius 1 is 1.39 bits per heavy atom. The molecule has 2 rings (SSSR count). The molecule has 2 heterocycles. The molecule has 0 radical (unpaired) electrons. The molecule has 7 heteroatoms. The van der Waals surface area contributed by atoms with Gasteiger partial charge in [0.15, 0.2) is 0 Å². The molecule has 0 aliphatic carbocycles. The maximum absolute atomic E-state index is 5.46. The van der Waals surface area contributed by atoms with E-state index < -0.39 is 0 Å². The molecule has 0 aromatic carbocycles. The Balaban J connectivity index is 1.99. The molecule has 1 fully saturated rings. The van der Waals surface area contributed by atoms with E-state index in [9.17, 15) is 0 Å². The van der Waals surface area contributed by atoms with Crippen molar-refractivity contribution in [1.29, 1.82) is 0 Å². The Morgan fingerprint density at radius 2 is 2.22 bits per heavy atom. The van der Waals surface area contributed by atoms with E-state index in [0.717, 1.165) is 24.3 Å². The van der Waals surface area contributed by atoms with Gasteiger partial charge in [-0.1, -0.05) is 6.92 Å². The molecule has 1 atom stereocenters. The van der Waals surface area contributed by atoms with E-state index in [4.69, 9.17) is 5.84 Å². The van der Waals surface area contributed by atoms with Gasteiger partial charge >= 0.3 is 0 Å². The van der Waals surface area contributed by atoms with Gasteiger partial charge in [0.2, 0.25) is 0 Å². The molecule has 1 aliphatic heterocycles. The average Bonchev–Trinajstić information content (AvgIpc) is 2.45. The summed E-state index contributed by atoms with van der Waals surface area (Å²) in [6.45, 7) is 3.03. The van der Waals surface area contributed by atoms with Crippen LogP contribution in [-0.2, 0) is 6.42 Å². The third kappa shape index (κ3) is 3.43. The molecule has 0 spiro atoms. The monoisotopic (exact) mass is 285 g/mol. The Bertz CT molecular complexity index is 382. The number of nitrogen functional groups attached to an aromatic ring is 1. The zero-order valence-corrected chi connectivity index (χ0v) is 12.1. The van der Waals surface area contributed by atoms with Crippen LogP contribution in [0.1, 0.15) is 12.5 Å². The quantitative estimate of drug-likeness (QED) is 0.560. The van der Waals surface area contributed by atoms with Crippen LogP contribution in [0.5, 0.6) is 0 Å². The maximum Gasteiger partial charge on any atom is 0.148 e. The van der Waals surface area contributed by atoms with Crippen LogP contribution in [0, 0.1) is 0 Å². The lowest BCUT2D eigenvalue weighted by Crippen LogP contribution is -2.24. The van der Waals surface area contributed by atoms with Crippen LogP contribution in [0.2, 0.25) is 0 Å². The van der Waals surface area contributed by atoms with Crippen LogP contribution < -0.4 is 16.6 Å². The van der Waals surface area contributed by atoms with Crippen LogP contribution in [0.15, 0.2) is 6.33 Å². The number of nitrogens with two attached hydrogens (primary N) is 1. The van der Waals surface area contributed by atoms with Crippen LogP contribution in [0.4, 0.5) is 11.6 Å². The molecule has 4 N–H and O–H groups in total. The second kappa shape index (κ2) is 7.06. The number of anilines is 2. The normalized spacial score (nSPS) is 19.6. The van der Waals surface area contributed by atoms with E-state index in [1.165, 1.54) is 17.3 Å². The van der Waals surface area contributed by atoms with Gasteiger partial charge in [0.25, 0.3) is 0 Å². The van der Waals surface area contributed by atoms with Crippen molar-refractivity contribution in [3.8, 4) is 0 Å². The number of nitrogens with one attached hydrogen (secondary N) is 2. The minimum absolute atomic E-state index is 0.665. The average molecular weight is 285 g/mol. The maximum atomic E-state index is 5.46.